The van der Waals surface area contributed by atoms with Crippen LogP contribution in [0.2, 0.25) is 5.02 Å². The molecule has 0 aliphatic carbocycles. The van der Waals surface area contributed by atoms with Crippen molar-refractivity contribution in [3.63, 3.8) is 0 Å². The summed E-state index contributed by atoms with van der Waals surface area (Å²) in [5.74, 6) is 0.926. The lowest BCUT2D eigenvalue weighted by Crippen LogP contribution is -2.31. The fraction of sp³-hybridized carbons (Fsp3) is 0.316. The predicted octanol–water partition coefficient (Wildman–Crippen LogP) is 5.18. The van der Waals surface area contributed by atoms with Crippen molar-refractivity contribution < 1.29 is 27.4 Å². The monoisotopic (exact) mass is 414 g/mol. The van der Waals surface area contributed by atoms with Crippen LogP contribution in [0.25, 0.3) is 0 Å². The lowest BCUT2D eigenvalue weighted by Gasteiger charge is -2.21. The van der Waals surface area contributed by atoms with E-state index >= 15 is 0 Å². The SMILES string of the molecule is CN(Cc1ccccc1C(F)(F)F)C(=O)Nc1cc2c(cc1Cl)OCCCO2. The Morgan fingerprint density at radius 3 is 2.50 bits per heavy atom. The second-order valence-electron chi connectivity index (χ2n) is 6.27. The molecule has 5 nitrogen and oxygen atoms in total. The summed E-state index contributed by atoms with van der Waals surface area (Å²) in [6.07, 6.45) is -3.78. The van der Waals surface area contributed by atoms with Crippen LogP contribution in [0.15, 0.2) is 36.4 Å². The number of rotatable bonds is 3. The third kappa shape index (κ3) is 4.62. The quantitative estimate of drug-likeness (QED) is 0.752. The van der Waals surface area contributed by atoms with Crippen molar-refractivity contribution in [2.75, 3.05) is 25.6 Å². The lowest BCUT2D eigenvalue weighted by atomic mass is 10.1. The third-order valence-corrected chi connectivity index (χ3v) is 4.47. The van der Waals surface area contributed by atoms with Crippen LogP contribution in [0, 0.1) is 0 Å². The molecule has 1 heterocycles. The minimum atomic E-state index is -4.49. The van der Waals surface area contributed by atoms with Gasteiger partial charge in [0.2, 0.25) is 0 Å². The summed E-state index contributed by atoms with van der Waals surface area (Å²) >= 11 is 6.19. The number of carbonyl (C=O) groups is 1. The van der Waals surface area contributed by atoms with Gasteiger partial charge in [-0.25, -0.2) is 4.79 Å². The van der Waals surface area contributed by atoms with E-state index in [0.717, 1.165) is 17.4 Å². The fourth-order valence-corrected chi connectivity index (χ4v) is 2.95. The molecule has 2 aromatic rings. The number of fused-ring (bicyclic) bond motifs is 1. The highest BCUT2D eigenvalue weighted by molar-refractivity contribution is 6.34. The number of halogens is 4. The molecule has 0 atom stereocenters. The average molecular weight is 415 g/mol. The Kier molecular flexibility index (Phi) is 5.88. The minimum absolute atomic E-state index is 0.00240. The third-order valence-electron chi connectivity index (χ3n) is 4.16. The molecule has 28 heavy (non-hydrogen) atoms. The highest BCUT2D eigenvalue weighted by Gasteiger charge is 2.33. The van der Waals surface area contributed by atoms with Crippen molar-refractivity contribution in [3.8, 4) is 11.5 Å². The second kappa shape index (κ2) is 8.18. The van der Waals surface area contributed by atoms with Gasteiger partial charge in [0.05, 0.1) is 29.5 Å². The van der Waals surface area contributed by atoms with Gasteiger partial charge >= 0.3 is 12.2 Å². The van der Waals surface area contributed by atoms with Crippen LogP contribution in [-0.2, 0) is 12.7 Å². The van der Waals surface area contributed by atoms with Gasteiger partial charge in [-0.3, -0.25) is 0 Å². The first-order valence-electron chi connectivity index (χ1n) is 8.52. The number of urea groups is 1. The maximum absolute atomic E-state index is 13.1. The van der Waals surface area contributed by atoms with Gasteiger partial charge in [-0.1, -0.05) is 29.8 Å². The summed E-state index contributed by atoms with van der Waals surface area (Å²) in [5, 5.41) is 2.83. The number of alkyl halides is 3. The number of benzene rings is 2. The van der Waals surface area contributed by atoms with Crippen LogP contribution in [0.1, 0.15) is 17.5 Å². The number of nitrogens with zero attached hydrogens (tertiary/aromatic N) is 1. The van der Waals surface area contributed by atoms with E-state index < -0.39 is 17.8 Å². The highest BCUT2D eigenvalue weighted by Crippen LogP contribution is 2.38. The van der Waals surface area contributed by atoms with Crippen molar-refractivity contribution in [2.24, 2.45) is 0 Å². The standard InChI is InChI=1S/C19H18ClF3N2O3/c1-25(11-12-5-2-3-6-13(12)19(21,22)23)18(26)24-15-10-17-16(9-14(15)20)27-7-4-8-28-17/h2-3,5-6,9-10H,4,7-8,11H2,1H3,(H,24,26). The van der Waals surface area contributed by atoms with Gasteiger partial charge in [0.25, 0.3) is 0 Å². The Hall–Kier alpha value is -2.61. The van der Waals surface area contributed by atoms with E-state index in [2.05, 4.69) is 5.32 Å². The fourth-order valence-electron chi connectivity index (χ4n) is 2.75. The topological polar surface area (TPSA) is 50.8 Å². The number of anilines is 1. The molecule has 0 radical (unpaired) electrons. The first kappa shape index (κ1) is 20.1. The van der Waals surface area contributed by atoms with E-state index in [1.807, 2.05) is 0 Å². The van der Waals surface area contributed by atoms with Gasteiger partial charge in [-0.15, -0.1) is 0 Å². The van der Waals surface area contributed by atoms with E-state index in [1.54, 1.807) is 6.07 Å². The predicted molar refractivity (Wildman–Crippen MR) is 99.0 cm³/mol. The molecule has 0 saturated carbocycles. The summed E-state index contributed by atoms with van der Waals surface area (Å²) in [7, 11) is 1.40. The van der Waals surface area contributed by atoms with Crippen molar-refractivity contribution in [1.82, 2.24) is 4.90 Å². The summed E-state index contributed by atoms with van der Waals surface area (Å²) in [4.78, 5) is 13.6. The molecule has 1 aliphatic rings. The Morgan fingerprint density at radius 2 is 1.82 bits per heavy atom. The van der Waals surface area contributed by atoms with E-state index in [4.69, 9.17) is 21.1 Å². The number of hydrogen-bond acceptors (Lipinski definition) is 3. The zero-order chi connectivity index (χ0) is 20.3. The Morgan fingerprint density at radius 1 is 1.18 bits per heavy atom. The molecule has 1 aliphatic heterocycles. The number of hydrogen-bond donors (Lipinski definition) is 1. The molecule has 0 saturated heterocycles. The maximum Gasteiger partial charge on any atom is 0.416 e. The van der Waals surface area contributed by atoms with E-state index in [1.165, 1.54) is 31.3 Å². The summed E-state index contributed by atoms with van der Waals surface area (Å²) < 4.78 is 50.5. The van der Waals surface area contributed by atoms with Gasteiger partial charge in [0.1, 0.15) is 0 Å². The first-order chi connectivity index (χ1) is 13.3. The molecule has 1 N–H and O–H groups in total. The lowest BCUT2D eigenvalue weighted by molar-refractivity contribution is -0.138. The largest absolute Gasteiger partial charge is 0.490 e. The van der Waals surface area contributed by atoms with Crippen molar-refractivity contribution in [1.29, 1.82) is 0 Å². The highest BCUT2D eigenvalue weighted by atomic mass is 35.5. The molecule has 9 heteroatoms. The Balaban J connectivity index is 1.74. The van der Waals surface area contributed by atoms with Crippen LogP contribution in [0.4, 0.5) is 23.7 Å². The number of nitrogens with one attached hydrogen (secondary N) is 1. The number of carbonyl (C=O) groups excluding carboxylic acids is 1. The molecular weight excluding hydrogens is 397 g/mol. The van der Waals surface area contributed by atoms with Gasteiger partial charge in [-0.2, -0.15) is 13.2 Å². The Labute approximate surface area is 165 Å². The normalized spacial score (nSPS) is 13.6. The maximum atomic E-state index is 13.1. The summed E-state index contributed by atoms with van der Waals surface area (Å²) in [6, 6.07) is 7.61. The molecule has 0 aromatic heterocycles. The van der Waals surface area contributed by atoms with Crippen molar-refractivity contribution in [3.05, 3.63) is 52.5 Å². The molecule has 0 spiro atoms. The summed E-state index contributed by atoms with van der Waals surface area (Å²) in [6.45, 7) is 0.746. The zero-order valence-electron chi connectivity index (χ0n) is 15.0. The van der Waals surface area contributed by atoms with Crippen molar-refractivity contribution in [2.45, 2.75) is 19.1 Å². The molecule has 2 aromatic carbocycles. The molecular formula is C19H18ClF3N2O3. The zero-order valence-corrected chi connectivity index (χ0v) is 15.7. The van der Waals surface area contributed by atoms with E-state index in [-0.39, 0.29) is 22.8 Å². The first-order valence-corrected chi connectivity index (χ1v) is 8.90. The van der Waals surface area contributed by atoms with Crippen LogP contribution in [-0.4, -0.2) is 31.2 Å². The molecule has 3 rings (SSSR count). The van der Waals surface area contributed by atoms with Gasteiger partial charge in [-0.05, 0) is 11.6 Å². The van der Waals surface area contributed by atoms with Crippen LogP contribution < -0.4 is 14.8 Å². The van der Waals surface area contributed by atoms with E-state index in [0.29, 0.717) is 24.7 Å². The summed E-state index contributed by atoms with van der Waals surface area (Å²) in [5.41, 5.74) is -0.493. The van der Waals surface area contributed by atoms with Gasteiger partial charge in [0, 0.05) is 32.1 Å². The molecule has 0 fully saturated rings. The smallest absolute Gasteiger partial charge is 0.416 e. The van der Waals surface area contributed by atoms with Crippen LogP contribution in [0.5, 0.6) is 11.5 Å². The Bertz CT molecular complexity index is 874. The van der Waals surface area contributed by atoms with E-state index in [9.17, 15) is 18.0 Å². The number of ether oxygens (including phenoxy) is 2. The van der Waals surface area contributed by atoms with Gasteiger partial charge < -0.3 is 19.7 Å². The van der Waals surface area contributed by atoms with Crippen LogP contribution in [0.3, 0.4) is 0 Å². The molecule has 150 valence electrons. The van der Waals surface area contributed by atoms with Crippen molar-refractivity contribution >= 4 is 23.3 Å². The number of amides is 2. The molecule has 0 bridgehead atoms. The average Bonchev–Trinajstić information content (AvgIpc) is 2.86. The van der Waals surface area contributed by atoms with Crippen LogP contribution >= 0.6 is 11.6 Å². The second-order valence-corrected chi connectivity index (χ2v) is 6.68. The minimum Gasteiger partial charge on any atom is -0.490 e. The van der Waals surface area contributed by atoms with Gasteiger partial charge in [0.15, 0.2) is 11.5 Å². The molecule has 2 amide bonds. The molecule has 0 unspecified atom stereocenters.